The van der Waals surface area contributed by atoms with Gasteiger partial charge in [0, 0.05) is 37.2 Å². The summed E-state index contributed by atoms with van der Waals surface area (Å²) in [6.07, 6.45) is 6.42. The van der Waals surface area contributed by atoms with Gasteiger partial charge in [0.15, 0.2) is 5.96 Å². The minimum Gasteiger partial charge on any atom is -0.357 e. The highest BCUT2D eigenvalue weighted by atomic mass is 127. The van der Waals surface area contributed by atoms with Crippen LogP contribution in [0.25, 0.3) is 0 Å². The molecule has 1 saturated heterocycles. The first-order valence-corrected chi connectivity index (χ1v) is 11.8. The van der Waals surface area contributed by atoms with Crippen molar-refractivity contribution in [1.29, 1.82) is 0 Å². The van der Waals surface area contributed by atoms with Gasteiger partial charge >= 0.3 is 0 Å². The minimum absolute atomic E-state index is 0. The molecule has 2 aliphatic rings. The van der Waals surface area contributed by atoms with Crippen molar-refractivity contribution < 1.29 is 13.6 Å². The molecule has 6 nitrogen and oxygen atoms in total. The lowest BCUT2D eigenvalue weighted by atomic mass is 9.88. The maximum atomic E-state index is 14.3. The van der Waals surface area contributed by atoms with E-state index in [2.05, 4.69) is 15.6 Å². The first-order valence-electron chi connectivity index (χ1n) is 11.8. The Labute approximate surface area is 213 Å². The Morgan fingerprint density at radius 2 is 1.85 bits per heavy atom. The summed E-state index contributed by atoms with van der Waals surface area (Å²) in [6.45, 7) is 4.28. The molecule has 0 aromatic heterocycles. The number of benzene rings is 1. The smallest absolute Gasteiger partial charge is 0.225 e. The Morgan fingerprint density at radius 1 is 1.18 bits per heavy atom. The summed E-state index contributed by atoms with van der Waals surface area (Å²) in [5, 5.41) is 6.64. The molecule has 1 aromatic rings. The van der Waals surface area contributed by atoms with Gasteiger partial charge in [-0.15, -0.1) is 24.0 Å². The maximum Gasteiger partial charge on any atom is 0.225 e. The molecular weight excluding hydrogens is 539 g/mol. The van der Waals surface area contributed by atoms with Crippen molar-refractivity contribution >= 4 is 35.8 Å². The van der Waals surface area contributed by atoms with Crippen LogP contribution in [0.15, 0.2) is 23.2 Å². The van der Waals surface area contributed by atoms with Crippen molar-refractivity contribution in [2.24, 2.45) is 10.9 Å². The number of guanidine groups is 1. The largest absolute Gasteiger partial charge is 0.357 e. The van der Waals surface area contributed by atoms with Crippen LogP contribution in [0.3, 0.4) is 0 Å². The van der Waals surface area contributed by atoms with Crippen molar-refractivity contribution in [2.45, 2.75) is 57.5 Å². The van der Waals surface area contributed by atoms with Crippen LogP contribution in [0.1, 0.15) is 57.1 Å². The molecule has 1 aromatic carbocycles. The van der Waals surface area contributed by atoms with Crippen LogP contribution in [0.2, 0.25) is 0 Å². The van der Waals surface area contributed by atoms with E-state index in [1.165, 1.54) is 24.6 Å². The van der Waals surface area contributed by atoms with Crippen LogP contribution < -0.4 is 10.6 Å². The van der Waals surface area contributed by atoms with Crippen LogP contribution in [0, 0.1) is 17.6 Å². The number of rotatable bonds is 7. The number of nitrogens with zero attached hydrogens (tertiary/aromatic N) is 3. The molecule has 1 saturated carbocycles. The van der Waals surface area contributed by atoms with Crippen molar-refractivity contribution in [1.82, 2.24) is 20.4 Å². The van der Waals surface area contributed by atoms with Crippen molar-refractivity contribution in [3.8, 4) is 0 Å². The first kappa shape index (κ1) is 27.8. The number of halogens is 3. The van der Waals surface area contributed by atoms with Gasteiger partial charge in [0.25, 0.3) is 0 Å². The lowest BCUT2D eigenvalue weighted by Gasteiger charge is -2.26. The van der Waals surface area contributed by atoms with E-state index in [-0.39, 0.29) is 48.0 Å². The van der Waals surface area contributed by atoms with Gasteiger partial charge in [0.1, 0.15) is 11.6 Å². The normalized spacial score (nSPS) is 20.5. The third-order valence-corrected chi connectivity index (χ3v) is 6.52. The van der Waals surface area contributed by atoms with E-state index >= 15 is 0 Å². The predicted octanol–water partition coefficient (Wildman–Crippen LogP) is 3.92. The van der Waals surface area contributed by atoms with E-state index in [0.29, 0.717) is 25.0 Å². The summed E-state index contributed by atoms with van der Waals surface area (Å²) >= 11 is 0. The zero-order valence-corrected chi connectivity index (χ0v) is 22.3. The molecule has 3 rings (SSSR count). The number of likely N-dealkylation sites (tertiary alicyclic amines) is 1. The molecule has 2 fully saturated rings. The summed E-state index contributed by atoms with van der Waals surface area (Å²) in [6, 6.07) is 3.51. The maximum absolute atomic E-state index is 14.3. The summed E-state index contributed by atoms with van der Waals surface area (Å²) in [5.74, 6) is -0.0540. The summed E-state index contributed by atoms with van der Waals surface area (Å²) in [4.78, 5) is 21.2. The van der Waals surface area contributed by atoms with Gasteiger partial charge in [-0.05, 0) is 52.4 Å². The van der Waals surface area contributed by atoms with Crippen LogP contribution in [0.5, 0.6) is 0 Å². The molecule has 1 amide bonds. The number of carbonyl (C=O) groups is 1. The number of hydrogen-bond acceptors (Lipinski definition) is 3. The van der Waals surface area contributed by atoms with Gasteiger partial charge in [-0.3, -0.25) is 9.79 Å². The third-order valence-electron chi connectivity index (χ3n) is 6.52. The summed E-state index contributed by atoms with van der Waals surface area (Å²) in [7, 11) is 3.58. The fraction of sp³-hybridized carbons (Fsp3) is 0.667. The molecular formula is C24H38F2IN5O. The molecule has 2 unspecified atom stereocenters. The molecule has 1 heterocycles. The second-order valence-corrected chi connectivity index (χ2v) is 9.08. The van der Waals surface area contributed by atoms with E-state index in [4.69, 9.17) is 0 Å². The average molecular weight is 578 g/mol. The molecule has 0 bridgehead atoms. The Hall–Kier alpha value is -1.49. The van der Waals surface area contributed by atoms with Gasteiger partial charge in [-0.25, -0.2) is 8.78 Å². The Bertz CT molecular complexity index is 781. The van der Waals surface area contributed by atoms with Gasteiger partial charge < -0.3 is 20.4 Å². The second kappa shape index (κ2) is 13.4. The van der Waals surface area contributed by atoms with Crippen LogP contribution in [-0.4, -0.2) is 68.0 Å². The fourth-order valence-electron chi connectivity index (χ4n) is 4.72. The van der Waals surface area contributed by atoms with Gasteiger partial charge in [-0.2, -0.15) is 0 Å². The highest BCUT2D eigenvalue weighted by Crippen LogP contribution is 2.27. The number of hydrogen-bond donors (Lipinski definition) is 2. The van der Waals surface area contributed by atoms with Crippen molar-refractivity contribution in [2.75, 3.05) is 40.3 Å². The van der Waals surface area contributed by atoms with E-state index < -0.39 is 17.7 Å². The SMILES string of the molecule is CCNC(=NCC(c1c(F)cccc1F)N(C)C)NC1CCN(C(=O)C2CCCCC2)C1.I. The number of aliphatic imine (C=N–C) groups is 1. The Balaban J connectivity index is 0.00000385. The average Bonchev–Trinajstić information content (AvgIpc) is 3.24. The van der Waals surface area contributed by atoms with Crippen molar-refractivity contribution in [3.05, 3.63) is 35.4 Å². The van der Waals surface area contributed by atoms with E-state index in [0.717, 1.165) is 38.6 Å². The summed E-state index contributed by atoms with van der Waals surface area (Å²) in [5.41, 5.74) is 0.0298. The molecule has 0 radical (unpaired) electrons. The van der Waals surface area contributed by atoms with E-state index in [1.807, 2.05) is 11.8 Å². The Kier molecular flexibility index (Phi) is 11.3. The Morgan fingerprint density at radius 3 is 2.45 bits per heavy atom. The topological polar surface area (TPSA) is 60.0 Å². The van der Waals surface area contributed by atoms with Crippen molar-refractivity contribution in [3.63, 3.8) is 0 Å². The molecule has 2 N–H and O–H groups in total. The zero-order valence-electron chi connectivity index (χ0n) is 19.9. The molecule has 9 heteroatoms. The standard InChI is InChI=1S/C24H37F2N5O.HI/c1-4-27-24(28-15-21(30(2)3)22-19(25)11-8-12-20(22)26)29-18-13-14-31(16-18)23(32)17-9-6-5-7-10-17;/h8,11-12,17-18,21H,4-7,9-10,13-16H2,1-3H3,(H2,27,28,29);1H. The molecule has 2 atom stereocenters. The highest BCUT2D eigenvalue weighted by Gasteiger charge is 2.32. The second-order valence-electron chi connectivity index (χ2n) is 9.08. The molecule has 1 aliphatic carbocycles. The molecule has 186 valence electrons. The number of carbonyl (C=O) groups excluding carboxylic acids is 1. The van der Waals surface area contributed by atoms with Gasteiger partial charge in [0.05, 0.1) is 12.6 Å². The lowest BCUT2D eigenvalue weighted by Crippen LogP contribution is -2.46. The van der Waals surface area contributed by atoms with E-state index in [1.54, 1.807) is 19.0 Å². The van der Waals surface area contributed by atoms with Crippen LogP contribution in [-0.2, 0) is 4.79 Å². The third kappa shape index (κ3) is 7.50. The highest BCUT2D eigenvalue weighted by molar-refractivity contribution is 14.0. The minimum atomic E-state index is -0.565. The fourth-order valence-corrected chi connectivity index (χ4v) is 4.72. The van der Waals surface area contributed by atoms with Gasteiger partial charge in [0.2, 0.25) is 5.91 Å². The van der Waals surface area contributed by atoms with Crippen LogP contribution in [0.4, 0.5) is 8.78 Å². The van der Waals surface area contributed by atoms with Crippen LogP contribution >= 0.6 is 24.0 Å². The quantitative estimate of drug-likeness (QED) is 0.293. The number of likely N-dealkylation sites (N-methyl/N-ethyl adjacent to an activating group) is 1. The number of amides is 1. The number of nitrogens with one attached hydrogen (secondary N) is 2. The molecule has 1 aliphatic heterocycles. The first-order chi connectivity index (χ1) is 15.4. The monoisotopic (exact) mass is 577 g/mol. The molecule has 0 spiro atoms. The predicted molar refractivity (Wildman–Crippen MR) is 139 cm³/mol. The summed E-state index contributed by atoms with van der Waals surface area (Å²) < 4.78 is 28.7. The zero-order chi connectivity index (χ0) is 23.1. The molecule has 33 heavy (non-hydrogen) atoms. The lowest BCUT2D eigenvalue weighted by molar-refractivity contribution is -0.135. The van der Waals surface area contributed by atoms with E-state index in [9.17, 15) is 13.6 Å². The van der Waals surface area contributed by atoms with Gasteiger partial charge in [-0.1, -0.05) is 25.3 Å².